The minimum absolute atomic E-state index is 0.419. The molecular formula is C47H37N3. The fourth-order valence-corrected chi connectivity index (χ4v) is 6.81. The first kappa shape index (κ1) is 31.1. The van der Waals surface area contributed by atoms with Gasteiger partial charge in [-0.05, 0) is 98.1 Å². The van der Waals surface area contributed by atoms with Gasteiger partial charge in [-0.2, -0.15) is 0 Å². The Balaban J connectivity index is 1.37. The van der Waals surface area contributed by atoms with Gasteiger partial charge in [-0.1, -0.05) is 147 Å². The van der Waals surface area contributed by atoms with Crippen LogP contribution in [-0.4, -0.2) is 15.0 Å². The Kier molecular flexibility index (Phi) is 8.32. The van der Waals surface area contributed by atoms with Gasteiger partial charge in [-0.15, -0.1) is 0 Å². The quantitative estimate of drug-likeness (QED) is 0.162. The van der Waals surface area contributed by atoms with E-state index in [2.05, 4.69) is 124 Å². The number of fused-ring (bicyclic) bond motifs is 3. The zero-order valence-corrected chi connectivity index (χ0v) is 28.5. The van der Waals surface area contributed by atoms with E-state index in [0.29, 0.717) is 23.4 Å². The van der Waals surface area contributed by atoms with Crippen LogP contribution in [0.3, 0.4) is 0 Å². The van der Waals surface area contributed by atoms with Gasteiger partial charge in [-0.25, -0.2) is 15.0 Å². The van der Waals surface area contributed by atoms with Gasteiger partial charge in [0.05, 0.1) is 0 Å². The smallest absolute Gasteiger partial charge is 0.164 e. The second-order valence-corrected chi connectivity index (χ2v) is 13.1. The van der Waals surface area contributed by atoms with Gasteiger partial charge in [0, 0.05) is 16.7 Å². The average molecular weight is 644 g/mol. The van der Waals surface area contributed by atoms with E-state index in [1.807, 2.05) is 60.7 Å². The molecule has 0 saturated heterocycles. The predicted octanol–water partition coefficient (Wildman–Crippen LogP) is 12.7. The van der Waals surface area contributed by atoms with Crippen molar-refractivity contribution < 1.29 is 0 Å². The van der Waals surface area contributed by atoms with Crippen LogP contribution in [-0.2, 0) is 0 Å². The molecule has 7 aromatic carbocycles. The van der Waals surface area contributed by atoms with E-state index in [4.69, 9.17) is 15.0 Å². The van der Waals surface area contributed by atoms with Gasteiger partial charge in [0.25, 0.3) is 0 Å². The van der Waals surface area contributed by atoms with Gasteiger partial charge in [0.1, 0.15) is 0 Å². The molecular weight excluding hydrogens is 607 g/mol. The van der Waals surface area contributed by atoms with Crippen LogP contribution in [0.5, 0.6) is 0 Å². The highest BCUT2D eigenvalue weighted by Gasteiger charge is 2.16. The molecule has 0 fully saturated rings. The summed E-state index contributed by atoms with van der Waals surface area (Å²) in [4.78, 5) is 15.2. The summed E-state index contributed by atoms with van der Waals surface area (Å²) >= 11 is 0. The zero-order valence-electron chi connectivity index (χ0n) is 28.5. The molecule has 0 aliphatic rings. The summed E-state index contributed by atoms with van der Waals surface area (Å²) in [6, 6.07) is 53.7. The molecule has 50 heavy (non-hydrogen) atoms. The standard InChI is InChI=1S/C47H37N3/c1-4-13-38-26-36(24-25-42(38)31(2)3)39-27-40(37-23-22-33-21-20-32-14-11-12-19-43(32)44(33)30-37)29-41(28-39)47-49-45(34-15-7-5-8-16-34)48-46(50-47)35-17-9-6-10-18-35/h4-31H,1-3H3/b13-4-. The Labute approximate surface area is 293 Å². The van der Waals surface area contributed by atoms with Crippen molar-refractivity contribution in [3.05, 3.63) is 169 Å². The lowest BCUT2D eigenvalue weighted by Gasteiger charge is -2.15. The average Bonchev–Trinajstić information content (AvgIpc) is 3.18. The molecule has 240 valence electrons. The summed E-state index contributed by atoms with van der Waals surface area (Å²) in [7, 11) is 0. The fraction of sp³-hybridized carbons (Fsp3) is 0.0851. The van der Waals surface area contributed by atoms with Crippen LogP contribution in [0.25, 0.3) is 84.0 Å². The summed E-state index contributed by atoms with van der Waals surface area (Å²) in [5, 5.41) is 4.95. The van der Waals surface area contributed by atoms with E-state index in [-0.39, 0.29) is 0 Å². The third-order valence-corrected chi connectivity index (χ3v) is 9.36. The number of rotatable bonds is 7. The van der Waals surface area contributed by atoms with Crippen LogP contribution >= 0.6 is 0 Å². The highest BCUT2D eigenvalue weighted by molar-refractivity contribution is 6.08. The number of benzene rings is 7. The Morgan fingerprint density at radius 3 is 1.54 bits per heavy atom. The number of nitrogens with zero attached hydrogens (tertiary/aromatic N) is 3. The van der Waals surface area contributed by atoms with Crippen LogP contribution in [0.4, 0.5) is 0 Å². The van der Waals surface area contributed by atoms with Crippen LogP contribution in [0, 0.1) is 0 Å². The minimum atomic E-state index is 0.419. The van der Waals surface area contributed by atoms with Gasteiger partial charge in [0.15, 0.2) is 17.5 Å². The second-order valence-electron chi connectivity index (χ2n) is 13.1. The summed E-state index contributed by atoms with van der Waals surface area (Å²) in [6.45, 7) is 6.58. The molecule has 0 unspecified atom stereocenters. The number of allylic oxidation sites excluding steroid dienone is 1. The highest BCUT2D eigenvalue weighted by atomic mass is 15.0. The summed E-state index contributed by atoms with van der Waals surface area (Å²) in [6.07, 6.45) is 4.33. The highest BCUT2D eigenvalue weighted by Crippen LogP contribution is 2.37. The van der Waals surface area contributed by atoms with Crippen molar-refractivity contribution in [2.45, 2.75) is 26.7 Å². The van der Waals surface area contributed by atoms with E-state index in [1.165, 1.54) is 32.7 Å². The maximum absolute atomic E-state index is 5.11. The maximum Gasteiger partial charge on any atom is 0.164 e. The van der Waals surface area contributed by atoms with Crippen LogP contribution in [0.15, 0.2) is 158 Å². The largest absolute Gasteiger partial charge is 0.208 e. The lowest BCUT2D eigenvalue weighted by atomic mass is 9.90. The number of hydrogen-bond donors (Lipinski definition) is 0. The minimum Gasteiger partial charge on any atom is -0.208 e. The van der Waals surface area contributed by atoms with Crippen molar-refractivity contribution in [1.29, 1.82) is 0 Å². The monoisotopic (exact) mass is 643 g/mol. The molecule has 0 saturated carbocycles. The Bertz CT molecular complexity index is 2460. The van der Waals surface area contributed by atoms with Gasteiger partial charge < -0.3 is 0 Å². The fourth-order valence-electron chi connectivity index (χ4n) is 6.81. The molecule has 0 N–H and O–H groups in total. The lowest BCUT2D eigenvalue weighted by Crippen LogP contribution is -2.00. The molecule has 0 amide bonds. The normalized spacial score (nSPS) is 11.6. The first-order valence-electron chi connectivity index (χ1n) is 17.3. The van der Waals surface area contributed by atoms with E-state index >= 15 is 0 Å². The Morgan fingerprint density at radius 1 is 0.420 bits per heavy atom. The van der Waals surface area contributed by atoms with Crippen molar-refractivity contribution in [3.8, 4) is 56.4 Å². The lowest BCUT2D eigenvalue weighted by molar-refractivity contribution is 0.864. The molecule has 8 rings (SSSR count). The summed E-state index contributed by atoms with van der Waals surface area (Å²) in [5.74, 6) is 2.35. The molecule has 1 heterocycles. The van der Waals surface area contributed by atoms with E-state index in [1.54, 1.807) is 0 Å². The topological polar surface area (TPSA) is 38.7 Å². The van der Waals surface area contributed by atoms with E-state index < -0.39 is 0 Å². The zero-order chi connectivity index (χ0) is 34.0. The molecule has 0 spiro atoms. The van der Waals surface area contributed by atoms with Gasteiger partial charge >= 0.3 is 0 Å². The molecule has 0 aliphatic carbocycles. The molecule has 0 aliphatic heterocycles. The second kappa shape index (κ2) is 13.4. The van der Waals surface area contributed by atoms with Gasteiger partial charge in [-0.3, -0.25) is 0 Å². The number of hydrogen-bond acceptors (Lipinski definition) is 3. The molecule has 0 bridgehead atoms. The molecule has 0 radical (unpaired) electrons. The molecule has 1 aromatic heterocycles. The number of aromatic nitrogens is 3. The first-order valence-corrected chi connectivity index (χ1v) is 17.3. The van der Waals surface area contributed by atoms with Crippen LogP contribution < -0.4 is 0 Å². The third-order valence-electron chi connectivity index (χ3n) is 9.36. The maximum atomic E-state index is 5.11. The van der Waals surface area contributed by atoms with E-state index in [0.717, 1.165) is 38.9 Å². The molecule has 8 aromatic rings. The first-order chi connectivity index (χ1) is 24.5. The Hall–Kier alpha value is -6.19. The molecule has 3 nitrogen and oxygen atoms in total. The summed E-state index contributed by atoms with van der Waals surface area (Å²) < 4.78 is 0. The van der Waals surface area contributed by atoms with Gasteiger partial charge in [0.2, 0.25) is 0 Å². The van der Waals surface area contributed by atoms with Crippen LogP contribution in [0.2, 0.25) is 0 Å². The van der Waals surface area contributed by atoms with E-state index in [9.17, 15) is 0 Å². The predicted molar refractivity (Wildman–Crippen MR) is 211 cm³/mol. The van der Waals surface area contributed by atoms with Crippen molar-refractivity contribution in [1.82, 2.24) is 15.0 Å². The van der Waals surface area contributed by atoms with Crippen molar-refractivity contribution in [2.75, 3.05) is 0 Å². The molecule has 0 atom stereocenters. The van der Waals surface area contributed by atoms with Crippen molar-refractivity contribution >= 4 is 27.6 Å². The third kappa shape index (κ3) is 6.10. The van der Waals surface area contributed by atoms with Crippen molar-refractivity contribution in [2.24, 2.45) is 0 Å². The summed E-state index contributed by atoms with van der Waals surface area (Å²) in [5.41, 5.74) is 9.92. The van der Waals surface area contributed by atoms with Crippen molar-refractivity contribution in [3.63, 3.8) is 0 Å². The Morgan fingerprint density at radius 2 is 0.920 bits per heavy atom. The van der Waals surface area contributed by atoms with Crippen LogP contribution in [0.1, 0.15) is 37.8 Å². The SMILES string of the molecule is C/C=C\c1cc(-c2cc(-c3ccc4ccc5ccccc5c4c3)cc(-c3nc(-c4ccccc4)nc(-c4ccccc4)n3)c2)ccc1C(C)C. The molecule has 3 heteroatoms.